The highest BCUT2D eigenvalue weighted by Crippen LogP contribution is 2.30. The van der Waals surface area contributed by atoms with E-state index in [0.29, 0.717) is 27.7 Å². The van der Waals surface area contributed by atoms with E-state index < -0.39 is 17.1 Å². The second-order valence-electron chi connectivity index (χ2n) is 10.9. The van der Waals surface area contributed by atoms with E-state index in [1.807, 2.05) is 60.8 Å². The van der Waals surface area contributed by atoms with Crippen molar-refractivity contribution in [1.29, 1.82) is 0 Å². The lowest BCUT2D eigenvalue weighted by atomic mass is 10.1. The molecule has 8 nitrogen and oxygen atoms in total. The Labute approximate surface area is 292 Å². The quantitative estimate of drug-likeness (QED) is 0.0933. The Morgan fingerprint density at radius 3 is 2.31 bits per heavy atom. The van der Waals surface area contributed by atoms with E-state index in [0.717, 1.165) is 26.9 Å². The van der Waals surface area contributed by atoms with Gasteiger partial charge in [-0.25, -0.2) is 4.98 Å². The fourth-order valence-corrected chi connectivity index (χ4v) is 6.57. The van der Waals surface area contributed by atoms with Gasteiger partial charge in [-0.3, -0.25) is 14.4 Å². The van der Waals surface area contributed by atoms with E-state index in [1.54, 1.807) is 61.7 Å². The Balaban J connectivity index is 1.09. The summed E-state index contributed by atoms with van der Waals surface area (Å²) in [6.07, 6.45) is 1.58. The SMILES string of the molecule is COc1ccccc1/C=C(\NC(=O)c1ccccc1)C(=O)Nc1ccc(SC(C)C(=O)Nc2nc(-c3ccc4ccccc4c3)cs2)cc1. The van der Waals surface area contributed by atoms with Gasteiger partial charge < -0.3 is 20.7 Å². The van der Waals surface area contributed by atoms with Crippen LogP contribution in [0.5, 0.6) is 5.75 Å². The molecule has 1 unspecified atom stereocenters. The van der Waals surface area contributed by atoms with Crippen molar-refractivity contribution in [2.45, 2.75) is 17.1 Å². The number of aromatic nitrogens is 1. The van der Waals surface area contributed by atoms with E-state index in [9.17, 15) is 14.4 Å². The van der Waals surface area contributed by atoms with Gasteiger partial charge in [-0.15, -0.1) is 23.1 Å². The molecule has 3 amide bonds. The van der Waals surface area contributed by atoms with E-state index in [4.69, 9.17) is 4.74 Å². The number of rotatable bonds is 11. The van der Waals surface area contributed by atoms with Crippen LogP contribution in [-0.4, -0.2) is 35.1 Å². The molecule has 1 aromatic heterocycles. The number of nitrogens with zero attached hydrogens (tertiary/aromatic N) is 1. The zero-order valence-corrected chi connectivity index (χ0v) is 28.3. The van der Waals surface area contributed by atoms with E-state index in [-0.39, 0.29) is 11.6 Å². The van der Waals surface area contributed by atoms with Crippen molar-refractivity contribution in [3.63, 3.8) is 0 Å². The average molecular weight is 685 g/mol. The highest BCUT2D eigenvalue weighted by Gasteiger charge is 2.18. The lowest BCUT2D eigenvalue weighted by Crippen LogP contribution is -2.30. The molecule has 0 aliphatic heterocycles. The average Bonchev–Trinajstić information content (AvgIpc) is 3.60. The smallest absolute Gasteiger partial charge is 0.272 e. The summed E-state index contributed by atoms with van der Waals surface area (Å²) in [6, 6.07) is 37.4. The number of hydrogen-bond acceptors (Lipinski definition) is 7. The number of methoxy groups -OCH3 is 1. The van der Waals surface area contributed by atoms with Crippen molar-refractivity contribution in [2.24, 2.45) is 0 Å². The summed E-state index contributed by atoms with van der Waals surface area (Å²) >= 11 is 2.78. The lowest BCUT2D eigenvalue weighted by Gasteiger charge is -2.13. The molecule has 0 radical (unpaired) electrons. The van der Waals surface area contributed by atoms with Crippen molar-refractivity contribution in [3.8, 4) is 17.0 Å². The monoisotopic (exact) mass is 684 g/mol. The number of amides is 3. The number of fused-ring (bicyclic) bond motifs is 1. The van der Waals surface area contributed by atoms with Crippen molar-refractivity contribution >= 4 is 68.5 Å². The molecular formula is C39H32N4O4S2. The van der Waals surface area contributed by atoms with Crippen LogP contribution in [0.25, 0.3) is 28.1 Å². The van der Waals surface area contributed by atoms with Gasteiger partial charge in [0.2, 0.25) is 5.91 Å². The molecule has 0 saturated heterocycles. The highest BCUT2D eigenvalue weighted by atomic mass is 32.2. The molecule has 0 saturated carbocycles. The zero-order chi connectivity index (χ0) is 34.2. The molecule has 0 fully saturated rings. The lowest BCUT2D eigenvalue weighted by molar-refractivity contribution is -0.115. The van der Waals surface area contributed by atoms with Gasteiger partial charge in [0.15, 0.2) is 5.13 Å². The molecule has 6 rings (SSSR count). The highest BCUT2D eigenvalue weighted by molar-refractivity contribution is 8.00. The van der Waals surface area contributed by atoms with Crippen LogP contribution in [0, 0.1) is 0 Å². The number of thiazole rings is 1. The number of anilines is 2. The minimum atomic E-state index is -0.505. The van der Waals surface area contributed by atoms with Gasteiger partial charge in [0.25, 0.3) is 11.8 Å². The number of benzene rings is 5. The van der Waals surface area contributed by atoms with Crippen LogP contribution >= 0.6 is 23.1 Å². The van der Waals surface area contributed by atoms with Gasteiger partial charge in [-0.05, 0) is 72.3 Å². The summed E-state index contributed by atoms with van der Waals surface area (Å²) in [5.41, 5.74) is 3.42. The Bertz CT molecular complexity index is 2150. The number of carbonyl (C=O) groups excluding carboxylic acids is 3. The first-order valence-corrected chi connectivity index (χ1v) is 17.2. The molecule has 1 atom stereocenters. The number of carbonyl (C=O) groups is 3. The molecule has 244 valence electrons. The first-order chi connectivity index (χ1) is 23.9. The Morgan fingerprint density at radius 1 is 0.816 bits per heavy atom. The third-order valence-electron chi connectivity index (χ3n) is 7.54. The second kappa shape index (κ2) is 15.5. The Hall–Kier alpha value is -5.71. The zero-order valence-electron chi connectivity index (χ0n) is 26.7. The van der Waals surface area contributed by atoms with Crippen LogP contribution in [0.4, 0.5) is 10.8 Å². The Morgan fingerprint density at radius 2 is 1.53 bits per heavy atom. The molecule has 3 N–H and O–H groups in total. The third kappa shape index (κ3) is 8.42. The molecule has 49 heavy (non-hydrogen) atoms. The third-order valence-corrected chi connectivity index (χ3v) is 9.41. The summed E-state index contributed by atoms with van der Waals surface area (Å²) in [4.78, 5) is 45.0. The van der Waals surface area contributed by atoms with E-state index in [1.165, 1.54) is 23.1 Å². The van der Waals surface area contributed by atoms with Crippen molar-refractivity contribution < 1.29 is 19.1 Å². The van der Waals surface area contributed by atoms with Crippen molar-refractivity contribution in [1.82, 2.24) is 10.3 Å². The molecular weight excluding hydrogens is 653 g/mol. The first kappa shape index (κ1) is 33.2. The maximum Gasteiger partial charge on any atom is 0.272 e. The molecule has 0 aliphatic rings. The molecule has 10 heteroatoms. The van der Waals surface area contributed by atoms with E-state index in [2.05, 4.69) is 45.2 Å². The van der Waals surface area contributed by atoms with Crippen LogP contribution in [0.2, 0.25) is 0 Å². The molecule has 6 aromatic rings. The summed E-state index contributed by atoms with van der Waals surface area (Å²) < 4.78 is 5.44. The summed E-state index contributed by atoms with van der Waals surface area (Å²) in [7, 11) is 1.54. The van der Waals surface area contributed by atoms with E-state index >= 15 is 0 Å². The number of nitrogens with one attached hydrogen (secondary N) is 3. The summed E-state index contributed by atoms with van der Waals surface area (Å²) in [6.45, 7) is 1.83. The minimum absolute atomic E-state index is 0.0491. The Kier molecular flexibility index (Phi) is 10.5. The van der Waals surface area contributed by atoms with Gasteiger partial charge in [-0.2, -0.15) is 0 Å². The molecule has 5 aromatic carbocycles. The summed E-state index contributed by atoms with van der Waals surface area (Å²) in [5, 5.41) is 12.9. The predicted molar refractivity (Wildman–Crippen MR) is 199 cm³/mol. The molecule has 0 spiro atoms. The fraction of sp³-hybridized carbons (Fsp3) is 0.0769. The van der Waals surface area contributed by atoms with Crippen LogP contribution in [0.1, 0.15) is 22.8 Å². The standard InChI is InChI=1S/C39H32N4O4S2/c1-25(36(44)43-39-42-34(24-48-39)29-17-16-26-10-6-7-13-28(26)22-29)49-32-20-18-31(19-21-32)40-38(46)33(23-30-14-8-9-15-35(30)47-2)41-37(45)27-11-4-3-5-12-27/h3-25H,1-2H3,(H,40,46)(H,41,45)(H,42,43,44)/b33-23-. The molecule has 0 aliphatic carbocycles. The van der Waals surface area contributed by atoms with Gasteiger partial charge >= 0.3 is 0 Å². The van der Waals surface area contributed by atoms with Crippen LogP contribution < -0.4 is 20.7 Å². The van der Waals surface area contributed by atoms with Gasteiger partial charge in [-0.1, -0.05) is 72.8 Å². The minimum Gasteiger partial charge on any atom is -0.496 e. The number of hydrogen-bond donors (Lipinski definition) is 3. The van der Waals surface area contributed by atoms with Crippen LogP contribution in [0.15, 0.2) is 137 Å². The number of ether oxygens (including phenoxy) is 1. The van der Waals surface area contributed by atoms with Crippen LogP contribution in [0.3, 0.4) is 0 Å². The topological polar surface area (TPSA) is 109 Å². The maximum atomic E-state index is 13.5. The van der Waals surface area contributed by atoms with Crippen LogP contribution in [-0.2, 0) is 9.59 Å². The van der Waals surface area contributed by atoms with Gasteiger partial charge in [0, 0.05) is 32.7 Å². The predicted octanol–water partition coefficient (Wildman–Crippen LogP) is 8.50. The maximum absolute atomic E-state index is 13.5. The van der Waals surface area contributed by atoms with Gasteiger partial charge in [0.05, 0.1) is 18.1 Å². The number of thioether (sulfide) groups is 1. The molecule has 1 heterocycles. The van der Waals surface area contributed by atoms with Gasteiger partial charge in [0.1, 0.15) is 11.4 Å². The molecule has 0 bridgehead atoms. The largest absolute Gasteiger partial charge is 0.496 e. The second-order valence-corrected chi connectivity index (χ2v) is 13.2. The first-order valence-electron chi connectivity index (χ1n) is 15.4. The van der Waals surface area contributed by atoms with Crippen molar-refractivity contribution in [2.75, 3.05) is 17.7 Å². The number of para-hydroxylation sites is 1. The normalized spacial score (nSPS) is 11.8. The van der Waals surface area contributed by atoms with Crippen molar-refractivity contribution in [3.05, 3.63) is 144 Å². The summed E-state index contributed by atoms with van der Waals surface area (Å²) in [5.74, 6) is -0.531. The fourth-order valence-electron chi connectivity index (χ4n) is 4.98.